The summed E-state index contributed by atoms with van der Waals surface area (Å²) in [5, 5.41) is 0. The highest BCUT2D eigenvalue weighted by Gasteiger charge is 2.41. The second-order valence-electron chi connectivity index (χ2n) is 7.63. The molecule has 2 fully saturated rings. The first-order valence-electron chi connectivity index (χ1n) is 8.64. The summed E-state index contributed by atoms with van der Waals surface area (Å²) < 4.78 is 0. The van der Waals surface area contributed by atoms with Crippen molar-refractivity contribution in [2.45, 2.75) is 64.5 Å². The van der Waals surface area contributed by atoms with Gasteiger partial charge in [0.25, 0.3) is 0 Å². The van der Waals surface area contributed by atoms with Crippen molar-refractivity contribution in [1.82, 2.24) is 9.80 Å². The van der Waals surface area contributed by atoms with E-state index in [1.807, 2.05) is 0 Å². The van der Waals surface area contributed by atoms with Crippen molar-refractivity contribution >= 4 is 0 Å². The Balaban J connectivity index is 2.04. The van der Waals surface area contributed by atoms with Gasteiger partial charge in [0.2, 0.25) is 0 Å². The SMILES string of the molecule is CC(C)C1CCCN(C2(CN)CCN(C)C(C)C2)CC1. The van der Waals surface area contributed by atoms with Gasteiger partial charge in [-0.25, -0.2) is 0 Å². The number of hydrogen-bond donors (Lipinski definition) is 1. The minimum Gasteiger partial charge on any atom is -0.329 e. The lowest BCUT2D eigenvalue weighted by Crippen LogP contribution is -2.61. The van der Waals surface area contributed by atoms with Crippen LogP contribution in [0.2, 0.25) is 0 Å². The van der Waals surface area contributed by atoms with E-state index >= 15 is 0 Å². The molecule has 3 unspecified atom stereocenters. The Morgan fingerprint density at radius 1 is 1.20 bits per heavy atom. The Hall–Kier alpha value is -0.120. The van der Waals surface area contributed by atoms with Crippen LogP contribution in [-0.2, 0) is 0 Å². The van der Waals surface area contributed by atoms with Crippen molar-refractivity contribution in [3.05, 3.63) is 0 Å². The smallest absolute Gasteiger partial charge is 0.0358 e. The van der Waals surface area contributed by atoms with E-state index in [0.29, 0.717) is 6.04 Å². The highest BCUT2D eigenvalue weighted by atomic mass is 15.2. The predicted molar refractivity (Wildman–Crippen MR) is 86.9 cm³/mol. The van der Waals surface area contributed by atoms with Gasteiger partial charge in [0.1, 0.15) is 0 Å². The first kappa shape index (κ1) is 16.3. The first-order valence-corrected chi connectivity index (χ1v) is 8.64. The summed E-state index contributed by atoms with van der Waals surface area (Å²) in [6.45, 7) is 11.7. The van der Waals surface area contributed by atoms with Crippen LogP contribution in [0.15, 0.2) is 0 Å². The van der Waals surface area contributed by atoms with Crippen LogP contribution in [0.3, 0.4) is 0 Å². The third-order valence-electron chi connectivity index (χ3n) is 6.12. The molecule has 2 aliphatic rings. The van der Waals surface area contributed by atoms with E-state index in [1.165, 1.54) is 51.7 Å². The standard InChI is InChI=1S/C17H35N3/c1-14(2)16-6-5-9-20(10-7-16)17(13-18)8-11-19(4)15(3)12-17/h14-16H,5-13,18H2,1-4H3. The summed E-state index contributed by atoms with van der Waals surface area (Å²) in [6.07, 6.45) is 6.62. The Labute approximate surface area is 125 Å². The molecule has 2 saturated heterocycles. The predicted octanol–water partition coefficient (Wildman–Crippen LogP) is 2.56. The maximum absolute atomic E-state index is 6.26. The zero-order valence-electron chi connectivity index (χ0n) is 14.1. The summed E-state index contributed by atoms with van der Waals surface area (Å²) in [7, 11) is 2.25. The quantitative estimate of drug-likeness (QED) is 0.863. The molecule has 2 N–H and O–H groups in total. The van der Waals surface area contributed by atoms with Crippen LogP contribution >= 0.6 is 0 Å². The maximum atomic E-state index is 6.26. The number of piperidine rings is 1. The van der Waals surface area contributed by atoms with Crippen molar-refractivity contribution in [3.8, 4) is 0 Å². The van der Waals surface area contributed by atoms with E-state index in [1.54, 1.807) is 0 Å². The van der Waals surface area contributed by atoms with Crippen molar-refractivity contribution in [1.29, 1.82) is 0 Å². The molecule has 3 nitrogen and oxygen atoms in total. The van der Waals surface area contributed by atoms with E-state index in [4.69, 9.17) is 5.73 Å². The Morgan fingerprint density at radius 3 is 2.55 bits per heavy atom. The monoisotopic (exact) mass is 281 g/mol. The minimum atomic E-state index is 0.276. The van der Waals surface area contributed by atoms with Gasteiger partial charge in [0.15, 0.2) is 0 Å². The number of nitrogens with zero attached hydrogens (tertiary/aromatic N) is 2. The molecule has 0 aromatic heterocycles. The molecule has 3 atom stereocenters. The lowest BCUT2D eigenvalue weighted by molar-refractivity contribution is 0.0115. The van der Waals surface area contributed by atoms with Gasteiger partial charge in [-0.2, -0.15) is 0 Å². The average Bonchev–Trinajstić information content (AvgIpc) is 2.68. The Kier molecular flexibility index (Phi) is 5.49. The Morgan fingerprint density at radius 2 is 1.95 bits per heavy atom. The molecule has 118 valence electrons. The van der Waals surface area contributed by atoms with Crippen molar-refractivity contribution in [2.75, 3.05) is 33.2 Å². The molecule has 2 aliphatic heterocycles. The number of hydrogen-bond acceptors (Lipinski definition) is 3. The summed E-state index contributed by atoms with van der Waals surface area (Å²) in [5.74, 6) is 1.75. The molecular formula is C17H35N3. The highest BCUT2D eigenvalue weighted by Crippen LogP contribution is 2.34. The van der Waals surface area contributed by atoms with Gasteiger partial charge in [-0.05, 0) is 77.5 Å². The molecule has 2 rings (SSSR count). The Bertz CT molecular complexity index is 305. The van der Waals surface area contributed by atoms with Crippen molar-refractivity contribution in [2.24, 2.45) is 17.6 Å². The van der Waals surface area contributed by atoms with Gasteiger partial charge in [-0.3, -0.25) is 4.90 Å². The summed E-state index contributed by atoms with van der Waals surface area (Å²) in [5.41, 5.74) is 6.54. The molecule has 0 saturated carbocycles. The van der Waals surface area contributed by atoms with Crippen LogP contribution in [0.4, 0.5) is 0 Å². The summed E-state index contributed by atoms with van der Waals surface area (Å²) >= 11 is 0. The lowest BCUT2D eigenvalue weighted by Gasteiger charge is -2.50. The van der Waals surface area contributed by atoms with E-state index in [2.05, 4.69) is 37.6 Å². The van der Waals surface area contributed by atoms with Gasteiger partial charge in [0, 0.05) is 18.1 Å². The molecule has 0 spiro atoms. The molecule has 3 heteroatoms. The molecule has 0 bridgehead atoms. The zero-order chi connectivity index (χ0) is 14.8. The fourth-order valence-electron chi connectivity index (χ4n) is 4.28. The number of rotatable bonds is 3. The fraction of sp³-hybridized carbons (Fsp3) is 1.00. The largest absolute Gasteiger partial charge is 0.329 e. The molecule has 0 aliphatic carbocycles. The van der Waals surface area contributed by atoms with E-state index in [9.17, 15) is 0 Å². The van der Waals surface area contributed by atoms with E-state index in [-0.39, 0.29) is 5.54 Å². The second kappa shape index (κ2) is 6.76. The van der Waals surface area contributed by atoms with Crippen LogP contribution in [0.5, 0.6) is 0 Å². The first-order chi connectivity index (χ1) is 9.48. The molecule has 0 aromatic rings. The van der Waals surface area contributed by atoms with Crippen LogP contribution in [0.25, 0.3) is 0 Å². The van der Waals surface area contributed by atoms with Crippen LogP contribution in [0, 0.1) is 11.8 Å². The molecule has 20 heavy (non-hydrogen) atoms. The minimum absolute atomic E-state index is 0.276. The van der Waals surface area contributed by atoms with Crippen LogP contribution in [0.1, 0.15) is 52.9 Å². The maximum Gasteiger partial charge on any atom is 0.0358 e. The van der Waals surface area contributed by atoms with Crippen LogP contribution in [-0.4, -0.2) is 54.6 Å². The molecule has 0 aromatic carbocycles. The molecule has 0 radical (unpaired) electrons. The van der Waals surface area contributed by atoms with E-state index in [0.717, 1.165) is 18.4 Å². The average molecular weight is 281 g/mol. The topological polar surface area (TPSA) is 32.5 Å². The summed E-state index contributed by atoms with van der Waals surface area (Å²) in [4.78, 5) is 5.25. The van der Waals surface area contributed by atoms with E-state index < -0.39 is 0 Å². The van der Waals surface area contributed by atoms with Gasteiger partial charge in [-0.1, -0.05) is 13.8 Å². The van der Waals surface area contributed by atoms with Gasteiger partial charge < -0.3 is 10.6 Å². The number of likely N-dealkylation sites (tertiary alicyclic amines) is 2. The van der Waals surface area contributed by atoms with Crippen molar-refractivity contribution in [3.63, 3.8) is 0 Å². The van der Waals surface area contributed by atoms with Gasteiger partial charge >= 0.3 is 0 Å². The lowest BCUT2D eigenvalue weighted by atomic mass is 9.82. The molecular weight excluding hydrogens is 246 g/mol. The third kappa shape index (κ3) is 3.37. The number of nitrogens with two attached hydrogens (primary N) is 1. The van der Waals surface area contributed by atoms with Gasteiger partial charge in [-0.15, -0.1) is 0 Å². The molecule has 0 amide bonds. The summed E-state index contributed by atoms with van der Waals surface area (Å²) in [6, 6.07) is 0.663. The zero-order valence-corrected chi connectivity index (χ0v) is 14.1. The highest BCUT2D eigenvalue weighted by molar-refractivity contribution is 4.99. The second-order valence-corrected chi connectivity index (χ2v) is 7.63. The van der Waals surface area contributed by atoms with Crippen molar-refractivity contribution < 1.29 is 0 Å². The normalized spacial score (nSPS) is 38.1. The van der Waals surface area contributed by atoms with Crippen LogP contribution < -0.4 is 5.73 Å². The third-order valence-corrected chi connectivity index (χ3v) is 6.12. The fourth-order valence-corrected chi connectivity index (χ4v) is 4.28. The molecule has 2 heterocycles. The van der Waals surface area contributed by atoms with Gasteiger partial charge in [0.05, 0.1) is 0 Å².